The van der Waals surface area contributed by atoms with E-state index in [9.17, 15) is 39.6 Å². The molecular weight excluding hydrogens is 952 g/mol. The standard InChI is InChI=1S/C44H35ClF8N10O4S/c1-2-23-9-10-54-40(55-23)20-3-6-25-29(14-20)57-42(63(43(25)65)31-8-7-28(45)35-37(31)61(17-32(48)49)59-41(35)60-68(66,67)24-4-5-24)30(13-19-11-21(46)15-22(47)12-19)56-33(64)18-62-38-34(36(58-62)39(50)51)26-16-27(26)44(38,52)53/h3,6-12,14-15,24,26-27,30,32,39H,2,4-5,13,16-18H2,1H3,(H,56,64)(H,59,60)/t26-,27+,30-/m0/s1. The van der Waals surface area contributed by atoms with Gasteiger partial charge in [-0.2, -0.15) is 19.0 Å². The molecule has 68 heavy (non-hydrogen) atoms. The zero-order chi connectivity index (χ0) is 48.1. The quantitative estimate of drug-likeness (QED) is 0.0960. The molecule has 0 spiro atoms. The van der Waals surface area contributed by atoms with Crippen molar-refractivity contribution < 1.29 is 48.3 Å². The first-order valence-electron chi connectivity index (χ1n) is 21.2. The lowest BCUT2D eigenvalue weighted by atomic mass is 10.0. The van der Waals surface area contributed by atoms with Gasteiger partial charge in [0.2, 0.25) is 15.9 Å². The SMILES string of the molecule is CCc1ccnc(-c2ccc3c(=O)n(-c4ccc(Cl)c5c(NS(=O)(=O)C6CC6)nn(CC(F)F)c45)c([C@H](Cc4cc(F)cc(F)c4)NC(=O)Cn4nc(C(F)F)c5c4C(F)(F)[C@@H]4C[C@H]54)nc3c2)n1. The van der Waals surface area contributed by atoms with Gasteiger partial charge in [-0.05, 0) is 79.6 Å². The molecule has 4 aromatic heterocycles. The molecule has 0 saturated heterocycles. The fraction of sp³-hybridized carbons (Fsp3) is 0.341. The van der Waals surface area contributed by atoms with Crippen LogP contribution < -0.4 is 15.6 Å². The lowest BCUT2D eigenvalue weighted by Crippen LogP contribution is -2.38. The molecule has 354 valence electrons. The normalized spacial score (nSPS) is 17.8. The minimum atomic E-state index is -4.09. The maximum atomic E-state index is 15.6. The summed E-state index contributed by atoms with van der Waals surface area (Å²) in [5, 5.41) is 9.22. The highest BCUT2D eigenvalue weighted by atomic mass is 35.5. The van der Waals surface area contributed by atoms with E-state index in [-0.39, 0.29) is 55.9 Å². The molecule has 1 amide bonds. The highest BCUT2D eigenvalue weighted by molar-refractivity contribution is 7.93. The molecule has 0 radical (unpaired) electrons. The monoisotopic (exact) mass is 986 g/mol. The van der Waals surface area contributed by atoms with Crippen LogP contribution in [0.3, 0.4) is 0 Å². The minimum absolute atomic E-state index is 0.0466. The fourth-order valence-corrected chi connectivity index (χ4v) is 10.6. The molecule has 10 rings (SSSR count). The van der Waals surface area contributed by atoms with Gasteiger partial charge in [-0.3, -0.25) is 28.2 Å². The molecule has 2 fully saturated rings. The first kappa shape index (κ1) is 45.3. The number of hydrogen-bond acceptors (Lipinski definition) is 9. The second kappa shape index (κ2) is 16.6. The predicted molar refractivity (Wildman–Crippen MR) is 230 cm³/mol. The van der Waals surface area contributed by atoms with Gasteiger partial charge in [0.25, 0.3) is 24.3 Å². The molecule has 7 aromatic rings. The number of fused-ring (bicyclic) bond motifs is 5. The summed E-state index contributed by atoms with van der Waals surface area (Å²) in [5.41, 5.74) is -2.71. The third-order valence-corrected chi connectivity index (χ3v) is 14.4. The smallest absolute Gasteiger partial charge is 0.293 e. The van der Waals surface area contributed by atoms with Crippen LogP contribution in [0, 0.1) is 17.6 Å². The lowest BCUT2D eigenvalue weighted by molar-refractivity contribution is -0.123. The summed E-state index contributed by atoms with van der Waals surface area (Å²) in [6, 6.07) is 9.27. The Balaban J connectivity index is 1.20. The van der Waals surface area contributed by atoms with Gasteiger partial charge >= 0.3 is 0 Å². The number of anilines is 1. The van der Waals surface area contributed by atoms with E-state index in [0.717, 1.165) is 21.4 Å². The van der Waals surface area contributed by atoms with Crippen LogP contribution in [0.1, 0.15) is 78.6 Å². The van der Waals surface area contributed by atoms with E-state index in [1.807, 2.05) is 6.92 Å². The van der Waals surface area contributed by atoms with Crippen molar-refractivity contribution in [2.24, 2.45) is 5.92 Å². The van der Waals surface area contributed by atoms with Gasteiger partial charge < -0.3 is 5.32 Å². The van der Waals surface area contributed by atoms with Gasteiger partial charge in [0.05, 0.1) is 43.8 Å². The van der Waals surface area contributed by atoms with Crippen LogP contribution in [0.5, 0.6) is 0 Å². The molecule has 24 heteroatoms. The Kier molecular flexibility index (Phi) is 11.1. The second-order valence-electron chi connectivity index (χ2n) is 16.9. The second-order valence-corrected chi connectivity index (χ2v) is 19.3. The summed E-state index contributed by atoms with van der Waals surface area (Å²) in [6.45, 7) is -0.342. The van der Waals surface area contributed by atoms with E-state index >= 15 is 13.6 Å². The summed E-state index contributed by atoms with van der Waals surface area (Å²) in [5.74, 6) is -9.61. The van der Waals surface area contributed by atoms with Crippen molar-refractivity contribution in [3.63, 3.8) is 0 Å². The van der Waals surface area contributed by atoms with Gasteiger partial charge in [0.15, 0.2) is 11.6 Å². The largest absolute Gasteiger partial charge is 0.344 e. The van der Waals surface area contributed by atoms with Gasteiger partial charge in [0.1, 0.15) is 41.9 Å². The van der Waals surface area contributed by atoms with E-state index in [1.165, 1.54) is 36.5 Å². The number of benzene rings is 3. The van der Waals surface area contributed by atoms with E-state index in [2.05, 4.69) is 30.2 Å². The summed E-state index contributed by atoms with van der Waals surface area (Å²) in [6.07, 6.45) is -4.27. The number of halogens is 9. The van der Waals surface area contributed by atoms with E-state index in [1.54, 1.807) is 6.07 Å². The van der Waals surface area contributed by atoms with Crippen molar-refractivity contribution in [3.8, 4) is 17.1 Å². The predicted octanol–water partition coefficient (Wildman–Crippen LogP) is 8.30. The number of carbonyl (C=O) groups is 1. The molecule has 3 aliphatic carbocycles. The molecule has 0 bridgehead atoms. The van der Waals surface area contributed by atoms with Crippen LogP contribution in [0.25, 0.3) is 38.9 Å². The van der Waals surface area contributed by atoms with Crippen molar-refractivity contribution in [2.45, 2.75) is 88.1 Å². The van der Waals surface area contributed by atoms with E-state index in [0.29, 0.717) is 41.3 Å². The van der Waals surface area contributed by atoms with Crippen LogP contribution in [0.2, 0.25) is 5.02 Å². The molecule has 0 unspecified atom stereocenters. The Morgan fingerprint density at radius 3 is 2.41 bits per heavy atom. The van der Waals surface area contributed by atoms with Crippen LogP contribution in [0.4, 0.5) is 40.9 Å². The fourth-order valence-electron chi connectivity index (χ4n) is 9.04. The van der Waals surface area contributed by atoms with Crippen molar-refractivity contribution in [3.05, 3.63) is 122 Å². The third kappa shape index (κ3) is 8.01. The first-order valence-corrected chi connectivity index (χ1v) is 23.1. The van der Waals surface area contributed by atoms with Crippen LogP contribution >= 0.6 is 11.6 Å². The Labute approximate surface area is 384 Å². The van der Waals surface area contributed by atoms with E-state index < -0.39 is 118 Å². The number of amides is 1. The van der Waals surface area contributed by atoms with E-state index in [4.69, 9.17) is 16.6 Å². The van der Waals surface area contributed by atoms with Crippen LogP contribution in [0.15, 0.2) is 65.6 Å². The first-order chi connectivity index (χ1) is 32.3. The maximum Gasteiger partial charge on any atom is 0.293 e. The van der Waals surface area contributed by atoms with Crippen molar-refractivity contribution in [1.29, 1.82) is 0 Å². The zero-order valence-electron chi connectivity index (χ0n) is 35.2. The number of carbonyl (C=O) groups excluding carboxylic acids is 1. The summed E-state index contributed by atoms with van der Waals surface area (Å²) in [4.78, 5) is 43.2. The summed E-state index contributed by atoms with van der Waals surface area (Å²) in [7, 11) is -4.09. The summed E-state index contributed by atoms with van der Waals surface area (Å²) < 4.78 is 149. The molecule has 2 saturated carbocycles. The Morgan fingerprint density at radius 2 is 1.72 bits per heavy atom. The Morgan fingerprint density at radius 1 is 0.971 bits per heavy atom. The number of hydrogen-bond donors (Lipinski definition) is 2. The van der Waals surface area contributed by atoms with Gasteiger partial charge in [0, 0.05) is 41.4 Å². The lowest BCUT2D eigenvalue weighted by Gasteiger charge is -2.24. The molecule has 3 aliphatic rings. The van der Waals surface area contributed by atoms with Gasteiger partial charge in [-0.15, -0.1) is 0 Å². The van der Waals surface area contributed by atoms with Crippen LogP contribution in [-0.4, -0.2) is 65.1 Å². The number of aromatic nitrogens is 8. The minimum Gasteiger partial charge on any atom is -0.344 e. The molecule has 2 N–H and O–H groups in total. The average Bonchev–Trinajstić information content (AvgIpc) is 4.20. The Hall–Kier alpha value is -6.49. The maximum absolute atomic E-state index is 15.6. The molecule has 3 aromatic carbocycles. The third-order valence-electron chi connectivity index (χ3n) is 12.3. The highest BCUT2D eigenvalue weighted by Gasteiger charge is 2.67. The summed E-state index contributed by atoms with van der Waals surface area (Å²) >= 11 is 6.68. The van der Waals surface area contributed by atoms with Gasteiger partial charge in [-0.1, -0.05) is 24.6 Å². The highest BCUT2D eigenvalue weighted by Crippen LogP contribution is 2.68. The van der Waals surface area contributed by atoms with Gasteiger partial charge in [-0.25, -0.2) is 49.7 Å². The molecular formula is C44H35ClF8N10O4S. The number of sulfonamides is 1. The number of nitrogens with one attached hydrogen (secondary N) is 2. The topological polar surface area (TPSA) is 172 Å². The molecule has 0 aliphatic heterocycles. The molecule has 4 heterocycles. The van der Waals surface area contributed by atoms with Crippen molar-refractivity contribution in [2.75, 3.05) is 4.72 Å². The zero-order valence-corrected chi connectivity index (χ0v) is 36.8. The molecule has 3 atom stereocenters. The number of rotatable bonds is 15. The Bertz CT molecular complexity index is 3380. The number of aryl methyl sites for hydroxylation is 1. The number of nitrogens with zero attached hydrogens (tertiary/aromatic N) is 8. The average molecular weight is 987 g/mol. The molecule has 14 nitrogen and oxygen atoms in total. The number of alkyl halides is 6. The van der Waals surface area contributed by atoms with Crippen LogP contribution in [-0.2, 0) is 46.7 Å². The van der Waals surface area contributed by atoms with Crippen molar-refractivity contribution >= 4 is 55.2 Å². The van der Waals surface area contributed by atoms with Crippen molar-refractivity contribution in [1.82, 2.24) is 44.4 Å².